The van der Waals surface area contributed by atoms with Crippen molar-refractivity contribution in [3.63, 3.8) is 0 Å². The summed E-state index contributed by atoms with van der Waals surface area (Å²) in [4.78, 5) is 36.7. The van der Waals surface area contributed by atoms with Gasteiger partial charge in [-0.05, 0) is 30.9 Å². The molecule has 144 valence electrons. The standard InChI is InChI=1S/C21H26N2O4/c1-15(2)18(19(25)26)22-20(27)21(13-7-4-8-14-21)23-17(24)12-11-16-9-5-3-6-10-16/h3,5-6,9-10,15,18H,4,7-8,13-14H2,1-2H3,(H,22,27)(H,23,24)(H,25,26). The largest absolute Gasteiger partial charge is 0.480 e. The Balaban J connectivity index is 2.15. The van der Waals surface area contributed by atoms with Gasteiger partial charge in [-0.15, -0.1) is 0 Å². The summed E-state index contributed by atoms with van der Waals surface area (Å²) in [5.74, 6) is 2.98. The summed E-state index contributed by atoms with van der Waals surface area (Å²) in [7, 11) is 0. The number of carbonyl (C=O) groups excluding carboxylic acids is 2. The van der Waals surface area contributed by atoms with Gasteiger partial charge < -0.3 is 15.7 Å². The fourth-order valence-corrected chi connectivity index (χ4v) is 3.26. The molecule has 1 aromatic rings. The molecule has 0 bridgehead atoms. The average Bonchev–Trinajstić information content (AvgIpc) is 2.65. The fraction of sp³-hybridized carbons (Fsp3) is 0.476. The summed E-state index contributed by atoms with van der Waals surface area (Å²) in [6.45, 7) is 3.47. The van der Waals surface area contributed by atoms with Gasteiger partial charge in [-0.1, -0.05) is 57.2 Å². The molecule has 1 fully saturated rings. The summed E-state index contributed by atoms with van der Waals surface area (Å²) in [5, 5.41) is 14.7. The van der Waals surface area contributed by atoms with Crippen LogP contribution >= 0.6 is 0 Å². The molecule has 0 aromatic heterocycles. The van der Waals surface area contributed by atoms with Crippen LogP contribution in [-0.2, 0) is 14.4 Å². The van der Waals surface area contributed by atoms with Gasteiger partial charge in [0.15, 0.2) is 0 Å². The van der Waals surface area contributed by atoms with Crippen molar-refractivity contribution in [3.8, 4) is 11.8 Å². The van der Waals surface area contributed by atoms with Gasteiger partial charge >= 0.3 is 5.97 Å². The first kappa shape index (κ1) is 20.5. The lowest BCUT2D eigenvalue weighted by Crippen LogP contribution is -2.62. The van der Waals surface area contributed by atoms with Crippen molar-refractivity contribution in [3.05, 3.63) is 35.9 Å². The molecule has 6 nitrogen and oxygen atoms in total. The Hall–Kier alpha value is -2.81. The quantitative estimate of drug-likeness (QED) is 0.692. The van der Waals surface area contributed by atoms with Crippen LogP contribution in [0.2, 0.25) is 0 Å². The van der Waals surface area contributed by atoms with Gasteiger partial charge in [-0.2, -0.15) is 0 Å². The third-order valence-corrected chi connectivity index (χ3v) is 4.81. The first-order valence-electron chi connectivity index (χ1n) is 9.27. The molecule has 1 aliphatic carbocycles. The minimum absolute atomic E-state index is 0.263. The van der Waals surface area contributed by atoms with E-state index in [0.717, 1.165) is 19.3 Å². The third-order valence-electron chi connectivity index (χ3n) is 4.81. The van der Waals surface area contributed by atoms with E-state index >= 15 is 0 Å². The lowest BCUT2D eigenvalue weighted by atomic mass is 9.80. The molecule has 6 heteroatoms. The van der Waals surface area contributed by atoms with Crippen molar-refractivity contribution >= 4 is 17.8 Å². The topological polar surface area (TPSA) is 95.5 Å². The number of carboxylic acid groups (broad SMARTS) is 1. The molecule has 1 aliphatic rings. The molecule has 2 rings (SSSR count). The van der Waals surface area contributed by atoms with Gasteiger partial charge in [0.1, 0.15) is 11.6 Å². The molecule has 1 unspecified atom stereocenters. The maximum atomic E-state index is 12.9. The Morgan fingerprint density at radius 1 is 1.07 bits per heavy atom. The highest BCUT2D eigenvalue weighted by atomic mass is 16.4. The Morgan fingerprint density at radius 2 is 1.70 bits per heavy atom. The summed E-state index contributed by atoms with van der Waals surface area (Å²) in [6.07, 6.45) is 3.51. The van der Waals surface area contributed by atoms with Crippen molar-refractivity contribution in [2.75, 3.05) is 0 Å². The first-order valence-corrected chi connectivity index (χ1v) is 9.27. The lowest BCUT2D eigenvalue weighted by Gasteiger charge is -2.37. The van der Waals surface area contributed by atoms with Crippen LogP contribution in [0.15, 0.2) is 30.3 Å². The van der Waals surface area contributed by atoms with Crippen LogP contribution in [-0.4, -0.2) is 34.5 Å². The van der Waals surface area contributed by atoms with E-state index in [2.05, 4.69) is 22.5 Å². The zero-order valence-corrected chi connectivity index (χ0v) is 15.7. The Bertz CT molecular complexity index is 740. The minimum atomic E-state index is -1.11. The third kappa shape index (κ3) is 5.58. The van der Waals surface area contributed by atoms with Gasteiger partial charge in [-0.3, -0.25) is 9.59 Å². The van der Waals surface area contributed by atoms with Crippen molar-refractivity contribution in [1.29, 1.82) is 0 Å². The maximum Gasteiger partial charge on any atom is 0.326 e. The lowest BCUT2D eigenvalue weighted by molar-refractivity contribution is -0.145. The van der Waals surface area contributed by atoms with Crippen molar-refractivity contribution in [2.24, 2.45) is 5.92 Å². The molecule has 27 heavy (non-hydrogen) atoms. The second-order valence-electron chi connectivity index (χ2n) is 7.25. The van der Waals surface area contributed by atoms with Gasteiger partial charge in [0.05, 0.1) is 0 Å². The highest BCUT2D eigenvalue weighted by Crippen LogP contribution is 2.29. The Labute approximate surface area is 159 Å². The van der Waals surface area contributed by atoms with Crippen LogP contribution in [0.3, 0.4) is 0 Å². The molecule has 2 amide bonds. The van der Waals surface area contributed by atoms with Crippen LogP contribution in [0.25, 0.3) is 0 Å². The molecule has 0 heterocycles. The first-order chi connectivity index (χ1) is 12.8. The fourth-order valence-electron chi connectivity index (χ4n) is 3.26. The van der Waals surface area contributed by atoms with Gasteiger partial charge in [0.2, 0.25) is 5.91 Å². The molecular formula is C21H26N2O4. The van der Waals surface area contributed by atoms with Crippen LogP contribution in [0.4, 0.5) is 0 Å². The molecule has 0 aliphatic heterocycles. The average molecular weight is 370 g/mol. The van der Waals surface area contributed by atoms with Gasteiger partial charge in [0.25, 0.3) is 5.91 Å². The van der Waals surface area contributed by atoms with Crippen molar-refractivity contribution < 1.29 is 19.5 Å². The smallest absolute Gasteiger partial charge is 0.326 e. The van der Waals surface area contributed by atoms with E-state index in [9.17, 15) is 19.5 Å². The highest BCUT2D eigenvalue weighted by Gasteiger charge is 2.42. The second-order valence-corrected chi connectivity index (χ2v) is 7.25. The minimum Gasteiger partial charge on any atom is -0.480 e. The van der Waals surface area contributed by atoms with E-state index in [1.807, 2.05) is 18.2 Å². The van der Waals surface area contributed by atoms with E-state index in [0.29, 0.717) is 18.4 Å². The summed E-state index contributed by atoms with van der Waals surface area (Å²) in [6, 6.07) is 8.11. The Morgan fingerprint density at radius 3 is 2.26 bits per heavy atom. The highest BCUT2D eigenvalue weighted by molar-refractivity contribution is 6.00. The molecule has 0 spiro atoms. The van der Waals surface area contributed by atoms with Crippen LogP contribution in [0, 0.1) is 17.8 Å². The monoisotopic (exact) mass is 370 g/mol. The molecule has 1 atom stereocenters. The van der Waals surface area contributed by atoms with Gasteiger partial charge in [-0.25, -0.2) is 4.79 Å². The molecule has 3 N–H and O–H groups in total. The van der Waals surface area contributed by atoms with E-state index in [-0.39, 0.29) is 5.92 Å². The summed E-state index contributed by atoms with van der Waals surface area (Å²) in [5.41, 5.74) is -0.399. The van der Waals surface area contributed by atoms with Crippen LogP contribution in [0.5, 0.6) is 0 Å². The van der Waals surface area contributed by atoms with Crippen molar-refractivity contribution in [1.82, 2.24) is 10.6 Å². The molecule has 0 radical (unpaired) electrons. The number of benzene rings is 1. The normalized spacial score (nSPS) is 16.6. The van der Waals surface area contributed by atoms with E-state index < -0.39 is 29.4 Å². The number of amides is 2. The summed E-state index contributed by atoms with van der Waals surface area (Å²) < 4.78 is 0. The van der Waals surface area contributed by atoms with E-state index in [1.165, 1.54) is 0 Å². The molecule has 1 saturated carbocycles. The predicted octanol–water partition coefficient (Wildman–Crippen LogP) is 2.08. The number of hydrogen-bond acceptors (Lipinski definition) is 3. The van der Waals surface area contributed by atoms with E-state index in [4.69, 9.17) is 0 Å². The second kappa shape index (κ2) is 9.22. The number of aliphatic carboxylic acids is 1. The number of nitrogens with one attached hydrogen (secondary N) is 2. The Kier molecular flexibility index (Phi) is 7.00. The zero-order chi connectivity index (χ0) is 19.9. The number of hydrogen-bond donors (Lipinski definition) is 3. The predicted molar refractivity (Wildman–Crippen MR) is 102 cm³/mol. The van der Waals surface area contributed by atoms with Crippen LogP contribution in [0.1, 0.15) is 51.5 Å². The van der Waals surface area contributed by atoms with Crippen LogP contribution < -0.4 is 10.6 Å². The molecule has 1 aromatic carbocycles. The van der Waals surface area contributed by atoms with Crippen molar-refractivity contribution in [2.45, 2.75) is 57.5 Å². The zero-order valence-electron chi connectivity index (χ0n) is 15.7. The SMILES string of the molecule is CC(C)C(NC(=O)C1(NC(=O)C#Cc2ccccc2)CCCCC1)C(=O)O. The molecular weight excluding hydrogens is 344 g/mol. The summed E-state index contributed by atoms with van der Waals surface area (Å²) >= 11 is 0. The number of carboxylic acids is 1. The number of rotatable bonds is 5. The van der Waals surface area contributed by atoms with Gasteiger partial charge in [0, 0.05) is 11.5 Å². The number of carbonyl (C=O) groups is 3. The van der Waals surface area contributed by atoms with E-state index in [1.54, 1.807) is 26.0 Å². The molecule has 0 saturated heterocycles. The maximum absolute atomic E-state index is 12.9.